The van der Waals surface area contributed by atoms with E-state index in [1.165, 1.54) is 31.1 Å². The smallest absolute Gasteiger partial charge is 0.317 e. The summed E-state index contributed by atoms with van der Waals surface area (Å²) in [6.45, 7) is 1.49. The zero-order chi connectivity index (χ0) is 16.7. The van der Waals surface area contributed by atoms with Crippen molar-refractivity contribution in [1.29, 1.82) is 0 Å². The minimum absolute atomic E-state index is 0.0983. The molecule has 1 atom stereocenters. The van der Waals surface area contributed by atoms with Crippen LogP contribution in [0.2, 0.25) is 5.02 Å². The van der Waals surface area contributed by atoms with Gasteiger partial charge in [-0.3, -0.25) is 14.9 Å². The van der Waals surface area contributed by atoms with Gasteiger partial charge < -0.3 is 4.74 Å². The number of benzene rings is 1. The van der Waals surface area contributed by atoms with Crippen molar-refractivity contribution in [2.45, 2.75) is 17.9 Å². The Morgan fingerprint density at radius 1 is 1.26 bits per heavy atom. The second kappa shape index (κ2) is 8.50. The topological polar surface area (TPSA) is 81.2 Å². The van der Waals surface area contributed by atoms with Crippen molar-refractivity contribution in [2.24, 2.45) is 0 Å². The van der Waals surface area contributed by atoms with Crippen molar-refractivity contribution in [1.82, 2.24) is 9.97 Å². The van der Waals surface area contributed by atoms with Crippen LogP contribution >= 0.6 is 23.4 Å². The van der Waals surface area contributed by atoms with Gasteiger partial charge in [0.05, 0.1) is 5.75 Å². The van der Waals surface area contributed by atoms with E-state index in [2.05, 4.69) is 15.3 Å². The molecule has 0 unspecified atom stereocenters. The quantitative estimate of drug-likeness (QED) is 0.636. The largest absolute Gasteiger partial charge is 0.452 e. The number of amides is 1. The fraction of sp³-hybridized carbons (Fsp3) is 0.200. The predicted octanol–water partition coefficient (Wildman–Crippen LogP) is 2.79. The van der Waals surface area contributed by atoms with E-state index in [0.29, 0.717) is 5.02 Å². The summed E-state index contributed by atoms with van der Waals surface area (Å²) in [7, 11) is 0. The van der Waals surface area contributed by atoms with Gasteiger partial charge in [0.2, 0.25) is 5.95 Å². The number of halogens is 1. The number of nitrogens with one attached hydrogen (secondary N) is 1. The highest BCUT2D eigenvalue weighted by Gasteiger charge is 2.18. The summed E-state index contributed by atoms with van der Waals surface area (Å²) in [5.41, 5.74) is 0. The first-order valence-electron chi connectivity index (χ1n) is 6.70. The van der Waals surface area contributed by atoms with Gasteiger partial charge in [-0.2, -0.15) is 0 Å². The van der Waals surface area contributed by atoms with Crippen LogP contribution in [-0.2, 0) is 14.3 Å². The van der Waals surface area contributed by atoms with Gasteiger partial charge in [-0.25, -0.2) is 9.97 Å². The second-order valence-electron chi connectivity index (χ2n) is 4.44. The first kappa shape index (κ1) is 17.2. The van der Waals surface area contributed by atoms with Crippen LogP contribution in [0.15, 0.2) is 47.6 Å². The zero-order valence-electron chi connectivity index (χ0n) is 12.2. The lowest BCUT2D eigenvalue weighted by atomic mass is 10.4. The van der Waals surface area contributed by atoms with Gasteiger partial charge in [0.15, 0.2) is 6.10 Å². The van der Waals surface area contributed by atoms with E-state index in [9.17, 15) is 9.59 Å². The third-order valence-electron chi connectivity index (χ3n) is 2.65. The molecule has 0 aliphatic heterocycles. The Morgan fingerprint density at radius 2 is 1.91 bits per heavy atom. The van der Waals surface area contributed by atoms with Gasteiger partial charge in [0.1, 0.15) is 0 Å². The molecular weight excluding hydrogens is 338 g/mol. The number of thioether (sulfide) groups is 1. The molecule has 0 radical (unpaired) electrons. The molecule has 0 spiro atoms. The maximum absolute atomic E-state index is 11.9. The lowest BCUT2D eigenvalue weighted by Crippen LogP contribution is -2.31. The Hall–Kier alpha value is -2.12. The molecule has 1 N–H and O–H groups in total. The van der Waals surface area contributed by atoms with Crippen molar-refractivity contribution < 1.29 is 14.3 Å². The summed E-state index contributed by atoms with van der Waals surface area (Å²) in [6, 6.07) is 8.73. The van der Waals surface area contributed by atoms with Crippen LogP contribution in [-0.4, -0.2) is 33.7 Å². The van der Waals surface area contributed by atoms with Crippen LogP contribution in [0.1, 0.15) is 6.92 Å². The summed E-state index contributed by atoms with van der Waals surface area (Å²) in [6.07, 6.45) is 2.07. The number of carbonyl (C=O) groups excluding carboxylic acids is 2. The lowest BCUT2D eigenvalue weighted by molar-refractivity contribution is -0.150. The number of aromatic nitrogens is 2. The number of nitrogens with zero attached hydrogens (tertiary/aromatic N) is 2. The molecule has 1 aromatic carbocycles. The summed E-state index contributed by atoms with van der Waals surface area (Å²) in [4.78, 5) is 32.3. The summed E-state index contributed by atoms with van der Waals surface area (Å²) in [5, 5.41) is 3.10. The average molecular weight is 352 g/mol. The van der Waals surface area contributed by atoms with Gasteiger partial charge >= 0.3 is 5.97 Å². The number of carbonyl (C=O) groups is 2. The minimum atomic E-state index is -0.933. The van der Waals surface area contributed by atoms with Crippen molar-refractivity contribution in [3.63, 3.8) is 0 Å². The molecule has 0 saturated heterocycles. The number of anilines is 1. The van der Waals surface area contributed by atoms with E-state index in [1.807, 2.05) is 12.1 Å². The minimum Gasteiger partial charge on any atom is -0.452 e. The first-order chi connectivity index (χ1) is 11.0. The Morgan fingerprint density at radius 3 is 2.57 bits per heavy atom. The molecular formula is C15H14ClN3O3S. The van der Waals surface area contributed by atoms with Gasteiger partial charge in [-0.05, 0) is 37.3 Å². The third-order valence-corrected chi connectivity index (χ3v) is 3.89. The van der Waals surface area contributed by atoms with Crippen molar-refractivity contribution in [3.8, 4) is 0 Å². The second-order valence-corrected chi connectivity index (χ2v) is 5.92. The van der Waals surface area contributed by atoms with Crippen LogP contribution in [0.4, 0.5) is 5.95 Å². The highest BCUT2D eigenvalue weighted by atomic mass is 35.5. The van der Waals surface area contributed by atoms with Gasteiger partial charge in [-0.1, -0.05) is 11.6 Å². The number of esters is 1. The average Bonchev–Trinajstić information content (AvgIpc) is 2.55. The van der Waals surface area contributed by atoms with E-state index in [4.69, 9.17) is 16.3 Å². The molecule has 1 aromatic heterocycles. The van der Waals surface area contributed by atoms with Gasteiger partial charge in [-0.15, -0.1) is 11.8 Å². The van der Waals surface area contributed by atoms with Gasteiger partial charge in [0.25, 0.3) is 5.91 Å². The van der Waals surface area contributed by atoms with Crippen LogP contribution < -0.4 is 5.32 Å². The van der Waals surface area contributed by atoms with E-state index in [1.54, 1.807) is 18.2 Å². The molecule has 120 valence electrons. The molecule has 0 fully saturated rings. The molecule has 0 saturated carbocycles. The Balaban J connectivity index is 1.77. The van der Waals surface area contributed by atoms with Crippen LogP contribution in [0.3, 0.4) is 0 Å². The summed E-state index contributed by atoms with van der Waals surface area (Å²) >= 11 is 7.09. The van der Waals surface area contributed by atoms with E-state index < -0.39 is 18.0 Å². The number of hydrogen-bond donors (Lipinski definition) is 1. The fourth-order valence-corrected chi connectivity index (χ4v) is 2.34. The maximum atomic E-state index is 11.9. The van der Waals surface area contributed by atoms with Crippen LogP contribution in [0.25, 0.3) is 0 Å². The molecule has 8 heteroatoms. The van der Waals surface area contributed by atoms with Gasteiger partial charge in [0, 0.05) is 22.3 Å². The van der Waals surface area contributed by atoms with Crippen molar-refractivity contribution in [3.05, 3.63) is 47.7 Å². The normalized spacial score (nSPS) is 11.6. The molecule has 1 heterocycles. The summed E-state index contributed by atoms with van der Waals surface area (Å²) in [5.74, 6) is -0.709. The molecule has 2 rings (SSSR count). The zero-order valence-corrected chi connectivity index (χ0v) is 13.8. The highest BCUT2D eigenvalue weighted by molar-refractivity contribution is 8.00. The first-order valence-corrected chi connectivity index (χ1v) is 8.06. The number of ether oxygens (including phenoxy) is 1. The Kier molecular flexibility index (Phi) is 6.37. The fourth-order valence-electron chi connectivity index (χ4n) is 1.53. The molecule has 1 amide bonds. The lowest BCUT2D eigenvalue weighted by Gasteiger charge is -2.12. The van der Waals surface area contributed by atoms with Crippen molar-refractivity contribution >= 4 is 41.2 Å². The van der Waals surface area contributed by atoms with Crippen LogP contribution in [0, 0.1) is 0 Å². The van der Waals surface area contributed by atoms with Crippen LogP contribution in [0.5, 0.6) is 0 Å². The molecule has 23 heavy (non-hydrogen) atoms. The molecule has 0 aliphatic carbocycles. The SMILES string of the molecule is C[C@H](OC(=O)CSc1ccc(Cl)cc1)C(=O)Nc1ncccn1. The van der Waals surface area contributed by atoms with E-state index in [0.717, 1.165) is 4.90 Å². The monoisotopic (exact) mass is 351 g/mol. The maximum Gasteiger partial charge on any atom is 0.317 e. The molecule has 6 nitrogen and oxygen atoms in total. The Bertz CT molecular complexity index is 667. The van der Waals surface area contributed by atoms with E-state index >= 15 is 0 Å². The molecule has 0 aliphatic rings. The standard InChI is InChI=1S/C15H14ClN3O3S/c1-10(14(21)19-15-17-7-2-8-18-15)22-13(20)9-23-12-5-3-11(16)4-6-12/h2-8,10H,9H2,1H3,(H,17,18,19,21)/t10-/m0/s1. The van der Waals surface area contributed by atoms with E-state index in [-0.39, 0.29) is 11.7 Å². The number of hydrogen-bond acceptors (Lipinski definition) is 6. The van der Waals surface area contributed by atoms with Crippen molar-refractivity contribution in [2.75, 3.05) is 11.1 Å². The molecule has 2 aromatic rings. The molecule has 0 bridgehead atoms. The third kappa shape index (κ3) is 5.88. The number of rotatable bonds is 6. The Labute approximate surface area is 142 Å². The summed E-state index contributed by atoms with van der Waals surface area (Å²) < 4.78 is 5.08. The highest BCUT2D eigenvalue weighted by Crippen LogP contribution is 2.20. The predicted molar refractivity (Wildman–Crippen MR) is 88.4 cm³/mol.